The van der Waals surface area contributed by atoms with Crippen LogP contribution in [0.1, 0.15) is 5.56 Å². The Hall–Kier alpha value is -1.91. The molecule has 0 saturated carbocycles. The Labute approximate surface area is 131 Å². The first-order valence-electron chi connectivity index (χ1n) is 6.66. The highest BCUT2D eigenvalue weighted by atomic mass is 35.5. The average Bonchev–Trinajstić information content (AvgIpc) is 3.01. The maximum Gasteiger partial charge on any atom is 0.137 e. The van der Waals surface area contributed by atoms with E-state index < -0.39 is 0 Å². The molecule has 3 aromatic rings. The molecule has 0 aliphatic heterocycles. The molecule has 3 nitrogen and oxygen atoms in total. The second-order valence-electron chi connectivity index (χ2n) is 4.75. The molecule has 1 heterocycles. The van der Waals surface area contributed by atoms with Crippen molar-refractivity contribution in [3.63, 3.8) is 0 Å². The molecule has 2 radical (unpaired) electrons. The van der Waals surface area contributed by atoms with Crippen LogP contribution >= 0.6 is 11.6 Å². The van der Waals surface area contributed by atoms with Gasteiger partial charge in [-0.05, 0) is 35.7 Å². The van der Waals surface area contributed by atoms with Crippen LogP contribution < -0.4 is 5.19 Å². The highest BCUT2D eigenvalue weighted by Gasteiger charge is 2.07. The minimum absolute atomic E-state index is 0.671. The van der Waals surface area contributed by atoms with E-state index in [4.69, 9.17) is 11.6 Å². The summed E-state index contributed by atoms with van der Waals surface area (Å²) in [5.74, 6) is 0. The smallest absolute Gasteiger partial charge is 0.137 e. The topological polar surface area (TPSA) is 30.7 Å². The molecule has 0 unspecified atom stereocenters. The Morgan fingerprint density at radius 1 is 1.14 bits per heavy atom. The average molecular weight is 312 g/mol. The predicted octanol–water partition coefficient (Wildman–Crippen LogP) is 2.89. The van der Waals surface area contributed by atoms with E-state index in [1.54, 1.807) is 12.7 Å². The zero-order valence-electron chi connectivity index (χ0n) is 11.6. The van der Waals surface area contributed by atoms with Gasteiger partial charge in [0.25, 0.3) is 0 Å². The van der Waals surface area contributed by atoms with Crippen LogP contribution in [0.3, 0.4) is 0 Å². The molecule has 0 amide bonds. The largest absolute Gasteiger partial charge is 0.256 e. The van der Waals surface area contributed by atoms with Gasteiger partial charge in [-0.2, -0.15) is 5.10 Å². The van der Waals surface area contributed by atoms with E-state index in [9.17, 15) is 0 Å². The van der Waals surface area contributed by atoms with Gasteiger partial charge in [0.1, 0.15) is 22.2 Å². The third kappa shape index (κ3) is 3.23. The molecule has 0 spiro atoms. The summed E-state index contributed by atoms with van der Waals surface area (Å²) in [6.45, 7) is 2.17. The summed E-state index contributed by atoms with van der Waals surface area (Å²) in [6, 6.07) is 14.4. The van der Waals surface area contributed by atoms with Crippen LogP contribution in [-0.2, 0) is 6.17 Å². The molecule has 1 aromatic heterocycles. The van der Waals surface area contributed by atoms with Crippen molar-refractivity contribution in [2.45, 2.75) is 13.1 Å². The van der Waals surface area contributed by atoms with E-state index in [0.29, 0.717) is 9.52 Å². The van der Waals surface area contributed by atoms with Crippen molar-refractivity contribution in [2.75, 3.05) is 0 Å². The monoisotopic (exact) mass is 311 g/mol. The van der Waals surface area contributed by atoms with Crippen molar-refractivity contribution in [2.24, 2.45) is 0 Å². The van der Waals surface area contributed by atoms with Gasteiger partial charge in [-0.3, -0.25) is 4.68 Å². The number of hydrogen-bond donors (Lipinski definition) is 0. The lowest BCUT2D eigenvalue weighted by Crippen LogP contribution is -2.23. The number of rotatable bonds is 4. The third-order valence-electron chi connectivity index (χ3n) is 3.39. The van der Waals surface area contributed by atoms with Gasteiger partial charge in [0.2, 0.25) is 0 Å². The molecular weight excluding hydrogens is 298 g/mol. The summed E-state index contributed by atoms with van der Waals surface area (Å²) >= 11 is 5.96. The lowest BCUT2D eigenvalue weighted by atomic mass is 10.0. The first-order valence-corrected chi connectivity index (χ1v) is 8.24. The number of hydrogen-bond acceptors (Lipinski definition) is 2. The Bertz CT molecular complexity index is 724. The highest BCUT2D eigenvalue weighted by Crippen LogP contribution is 2.23. The standard InChI is InChI=1S/C16H14ClN3Si/c1-12-15(13-5-7-14(17)8-6-13)3-2-4-16(12)21-11-20-10-18-9-19-20/h2-10H,11H2,1H3. The Kier molecular flexibility index (Phi) is 4.17. The van der Waals surface area contributed by atoms with E-state index >= 15 is 0 Å². The van der Waals surface area contributed by atoms with Gasteiger partial charge in [0, 0.05) is 11.2 Å². The molecule has 0 bridgehead atoms. The van der Waals surface area contributed by atoms with Gasteiger partial charge in [-0.15, -0.1) is 0 Å². The Morgan fingerprint density at radius 2 is 1.95 bits per heavy atom. The number of benzene rings is 2. The first-order chi connectivity index (χ1) is 10.2. The highest BCUT2D eigenvalue weighted by molar-refractivity contribution is 6.53. The Balaban J connectivity index is 1.86. The van der Waals surface area contributed by atoms with Gasteiger partial charge in [0.05, 0.1) is 0 Å². The molecular formula is C16H14ClN3Si. The molecule has 0 N–H and O–H groups in total. The van der Waals surface area contributed by atoms with Crippen LogP contribution in [0, 0.1) is 6.92 Å². The number of nitrogens with zero attached hydrogens (tertiary/aromatic N) is 3. The minimum atomic E-state index is 0.671. The zero-order valence-corrected chi connectivity index (χ0v) is 13.4. The van der Waals surface area contributed by atoms with Gasteiger partial charge >= 0.3 is 0 Å². The molecule has 3 rings (SSSR count). The molecule has 0 atom stereocenters. The van der Waals surface area contributed by atoms with Crippen molar-refractivity contribution in [3.8, 4) is 11.1 Å². The molecule has 0 aliphatic carbocycles. The summed E-state index contributed by atoms with van der Waals surface area (Å²) in [5.41, 5.74) is 3.78. The van der Waals surface area contributed by atoms with E-state index in [-0.39, 0.29) is 0 Å². The molecule has 5 heteroatoms. The molecule has 0 aliphatic rings. The second kappa shape index (κ2) is 6.24. The first kappa shape index (κ1) is 14.0. The van der Waals surface area contributed by atoms with Crippen LogP contribution in [0.15, 0.2) is 55.1 Å². The van der Waals surface area contributed by atoms with Crippen molar-refractivity contribution < 1.29 is 0 Å². The molecule has 104 valence electrons. The fourth-order valence-corrected chi connectivity index (χ4v) is 3.49. The fraction of sp³-hybridized carbons (Fsp3) is 0.125. The third-order valence-corrected chi connectivity index (χ3v) is 5.04. The molecule has 2 aromatic carbocycles. The number of halogens is 1. The predicted molar refractivity (Wildman–Crippen MR) is 87.0 cm³/mol. The van der Waals surface area contributed by atoms with Crippen LogP contribution in [0.25, 0.3) is 11.1 Å². The van der Waals surface area contributed by atoms with Crippen molar-refractivity contribution in [1.29, 1.82) is 0 Å². The molecule has 21 heavy (non-hydrogen) atoms. The van der Waals surface area contributed by atoms with E-state index in [2.05, 4.69) is 47.3 Å². The van der Waals surface area contributed by atoms with Gasteiger partial charge in [0.15, 0.2) is 0 Å². The fourth-order valence-electron chi connectivity index (χ4n) is 2.25. The van der Waals surface area contributed by atoms with Crippen molar-refractivity contribution >= 4 is 26.3 Å². The van der Waals surface area contributed by atoms with Crippen LogP contribution in [0.4, 0.5) is 0 Å². The van der Waals surface area contributed by atoms with E-state index in [1.807, 2.05) is 16.8 Å². The quantitative estimate of drug-likeness (QED) is 0.694. The summed E-state index contributed by atoms with van der Waals surface area (Å²) in [5, 5.41) is 6.27. The van der Waals surface area contributed by atoms with Gasteiger partial charge < -0.3 is 0 Å². The summed E-state index contributed by atoms with van der Waals surface area (Å²) in [7, 11) is 0.671. The molecule has 0 fully saturated rings. The molecule has 0 saturated heterocycles. The van der Waals surface area contributed by atoms with Crippen molar-refractivity contribution in [1.82, 2.24) is 14.8 Å². The minimum Gasteiger partial charge on any atom is -0.256 e. The van der Waals surface area contributed by atoms with Crippen LogP contribution in [0.5, 0.6) is 0 Å². The van der Waals surface area contributed by atoms with E-state index in [0.717, 1.165) is 11.2 Å². The number of aromatic nitrogens is 3. The zero-order chi connectivity index (χ0) is 14.7. The lowest BCUT2D eigenvalue weighted by molar-refractivity contribution is 0.738. The lowest BCUT2D eigenvalue weighted by Gasteiger charge is -2.11. The van der Waals surface area contributed by atoms with Crippen molar-refractivity contribution in [3.05, 3.63) is 65.7 Å². The maximum atomic E-state index is 5.96. The van der Waals surface area contributed by atoms with Gasteiger partial charge in [-0.1, -0.05) is 47.1 Å². The Morgan fingerprint density at radius 3 is 2.67 bits per heavy atom. The summed E-state index contributed by atoms with van der Waals surface area (Å²) in [4.78, 5) is 3.97. The van der Waals surface area contributed by atoms with E-state index in [1.165, 1.54) is 21.9 Å². The van der Waals surface area contributed by atoms with Crippen LogP contribution in [0.2, 0.25) is 5.02 Å². The SMILES string of the molecule is Cc1c([Si]Cn2cncn2)cccc1-c1ccc(Cl)cc1. The van der Waals surface area contributed by atoms with Gasteiger partial charge in [-0.25, -0.2) is 4.98 Å². The summed E-state index contributed by atoms with van der Waals surface area (Å²) < 4.78 is 1.87. The maximum absolute atomic E-state index is 5.96. The van der Waals surface area contributed by atoms with Crippen LogP contribution in [-0.4, -0.2) is 24.3 Å². The normalized spacial score (nSPS) is 10.8. The second-order valence-corrected chi connectivity index (χ2v) is 6.40. The summed E-state index contributed by atoms with van der Waals surface area (Å²) in [6.07, 6.45) is 4.19.